The van der Waals surface area contributed by atoms with Gasteiger partial charge in [0, 0.05) is 35.6 Å². The van der Waals surface area contributed by atoms with Crippen molar-refractivity contribution >= 4 is 34.9 Å². The second-order valence-electron chi connectivity index (χ2n) is 5.95. The molecule has 0 unspecified atom stereocenters. The van der Waals surface area contributed by atoms with E-state index >= 15 is 0 Å². The van der Waals surface area contributed by atoms with Crippen molar-refractivity contribution in [2.24, 2.45) is 0 Å². The van der Waals surface area contributed by atoms with Gasteiger partial charge in [0.25, 0.3) is 0 Å². The summed E-state index contributed by atoms with van der Waals surface area (Å²) in [5.74, 6) is 0.797. The molecule has 1 heterocycles. The van der Waals surface area contributed by atoms with E-state index in [0.29, 0.717) is 35.3 Å². The smallest absolute Gasteiger partial charge is 0.325 e. The van der Waals surface area contributed by atoms with Gasteiger partial charge in [0.1, 0.15) is 6.54 Å². The number of carbonyl (C=O) groups is 2. The average molecular weight is 390 g/mol. The fourth-order valence-electron chi connectivity index (χ4n) is 2.90. The van der Waals surface area contributed by atoms with Crippen LogP contribution in [-0.4, -0.2) is 50.7 Å². The Morgan fingerprint density at radius 2 is 1.89 bits per heavy atom. The molecule has 2 aromatic rings. The van der Waals surface area contributed by atoms with Crippen molar-refractivity contribution < 1.29 is 19.1 Å². The van der Waals surface area contributed by atoms with Crippen LogP contribution in [0.2, 0.25) is 5.02 Å². The fraction of sp³-hybridized carbons (Fsp3) is 0.263. The molecule has 7 nitrogen and oxygen atoms in total. The maximum Gasteiger partial charge on any atom is 0.325 e. The van der Waals surface area contributed by atoms with Crippen LogP contribution in [0.25, 0.3) is 0 Å². The van der Waals surface area contributed by atoms with E-state index in [1.807, 2.05) is 6.07 Å². The second-order valence-corrected chi connectivity index (χ2v) is 6.39. The highest BCUT2D eigenvalue weighted by atomic mass is 35.5. The summed E-state index contributed by atoms with van der Waals surface area (Å²) in [5, 5.41) is 3.33. The molecule has 0 bridgehead atoms. The van der Waals surface area contributed by atoms with Crippen LogP contribution >= 0.6 is 11.6 Å². The molecule has 0 spiro atoms. The first-order chi connectivity index (χ1) is 13.0. The van der Waals surface area contributed by atoms with Crippen molar-refractivity contribution in [1.29, 1.82) is 0 Å². The highest BCUT2D eigenvalue weighted by Crippen LogP contribution is 2.30. The van der Waals surface area contributed by atoms with Crippen LogP contribution in [0.1, 0.15) is 0 Å². The van der Waals surface area contributed by atoms with E-state index in [9.17, 15) is 9.59 Å². The van der Waals surface area contributed by atoms with E-state index in [4.69, 9.17) is 21.1 Å². The van der Waals surface area contributed by atoms with Crippen molar-refractivity contribution in [2.45, 2.75) is 0 Å². The Morgan fingerprint density at radius 3 is 2.59 bits per heavy atom. The van der Waals surface area contributed by atoms with Crippen molar-refractivity contribution in [3.63, 3.8) is 0 Å². The number of nitrogens with zero attached hydrogens (tertiary/aromatic N) is 2. The minimum absolute atomic E-state index is 0.0375. The van der Waals surface area contributed by atoms with Gasteiger partial charge in [-0.3, -0.25) is 9.69 Å². The molecule has 1 N–H and O–H groups in total. The number of nitrogens with one attached hydrogen (secondary N) is 1. The molecule has 0 radical (unpaired) electrons. The SMILES string of the molecule is COc1ccc(NC(=O)CN2CCN(c3cccc(Cl)c3)C2=O)cc1OC. The number of halogens is 1. The summed E-state index contributed by atoms with van der Waals surface area (Å²) in [4.78, 5) is 28.0. The quantitative estimate of drug-likeness (QED) is 0.823. The minimum Gasteiger partial charge on any atom is -0.493 e. The molecular weight excluding hydrogens is 370 g/mol. The third-order valence-electron chi connectivity index (χ3n) is 4.22. The molecule has 1 saturated heterocycles. The molecule has 0 aromatic heterocycles. The van der Waals surface area contributed by atoms with E-state index in [1.165, 1.54) is 12.0 Å². The van der Waals surface area contributed by atoms with Gasteiger partial charge in [-0.2, -0.15) is 0 Å². The van der Waals surface area contributed by atoms with Crippen LogP contribution in [0.15, 0.2) is 42.5 Å². The number of amides is 3. The Hall–Kier alpha value is -2.93. The molecule has 0 saturated carbocycles. The molecule has 8 heteroatoms. The standard InChI is InChI=1S/C19H20ClN3O4/c1-26-16-7-6-14(11-17(16)27-2)21-18(24)12-22-8-9-23(19(22)25)15-5-3-4-13(20)10-15/h3-7,10-11H,8-9,12H2,1-2H3,(H,21,24). The number of ether oxygens (including phenoxy) is 2. The maximum absolute atomic E-state index is 12.6. The number of urea groups is 1. The average Bonchev–Trinajstić information content (AvgIpc) is 3.02. The number of hydrogen-bond donors (Lipinski definition) is 1. The van der Waals surface area contributed by atoms with Gasteiger partial charge in [-0.05, 0) is 30.3 Å². The highest BCUT2D eigenvalue weighted by Gasteiger charge is 2.30. The molecule has 27 heavy (non-hydrogen) atoms. The van der Waals surface area contributed by atoms with E-state index in [0.717, 1.165) is 5.69 Å². The molecule has 142 valence electrons. The molecule has 0 aliphatic carbocycles. The predicted molar refractivity (Wildman–Crippen MR) is 104 cm³/mol. The van der Waals surface area contributed by atoms with Crippen molar-refractivity contribution in [3.05, 3.63) is 47.5 Å². The van der Waals surface area contributed by atoms with Crippen LogP contribution in [-0.2, 0) is 4.79 Å². The van der Waals surface area contributed by atoms with Crippen molar-refractivity contribution in [1.82, 2.24) is 4.90 Å². The lowest BCUT2D eigenvalue weighted by Gasteiger charge is -2.18. The van der Waals surface area contributed by atoms with Gasteiger partial charge >= 0.3 is 6.03 Å². The van der Waals surface area contributed by atoms with Gasteiger partial charge in [-0.1, -0.05) is 17.7 Å². The zero-order valence-electron chi connectivity index (χ0n) is 15.1. The van der Waals surface area contributed by atoms with Crippen LogP contribution in [0, 0.1) is 0 Å². The van der Waals surface area contributed by atoms with Gasteiger partial charge in [0.2, 0.25) is 5.91 Å². The van der Waals surface area contributed by atoms with Crippen molar-refractivity contribution in [2.75, 3.05) is 44.1 Å². The third-order valence-corrected chi connectivity index (χ3v) is 4.45. The van der Waals surface area contributed by atoms with E-state index in [1.54, 1.807) is 48.4 Å². The lowest BCUT2D eigenvalue weighted by molar-refractivity contribution is -0.116. The number of benzene rings is 2. The lowest BCUT2D eigenvalue weighted by atomic mass is 10.2. The first-order valence-corrected chi connectivity index (χ1v) is 8.73. The van der Waals surface area contributed by atoms with Gasteiger partial charge in [0.15, 0.2) is 11.5 Å². The summed E-state index contributed by atoms with van der Waals surface area (Å²) in [5.41, 5.74) is 1.28. The highest BCUT2D eigenvalue weighted by molar-refractivity contribution is 6.30. The Morgan fingerprint density at radius 1 is 1.11 bits per heavy atom. The predicted octanol–water partition coefficient (Wildman–Crippen LogP) is 3.24. The van der Waals surface area contributed by atoms with E-state index in [-0.39, 0.29) is 18.5 Å². The number of rotatable bonds is 6. The summed E-state index contributed by atoms with van der Waals surface area (Å²) in [7, 11) is 3.07. The Kier molecular flexibility index (Phi) is 5.71. The largest absolute Gasteiger partial charge is 0.493 e. The first-order valence-electron chi connectivity index (χ1n) is 8.35. The van der Waals surface area contributed by atoms with Crippen LogP contribution < -0.4 is 19.7 Å². The van der Waals surface area contributed by atoms with Crippen LogP contribution in [0.4, 0.5) is 16.2 Å². The van der Waals surface area contributed by atoms with Crippen molar-refractivity contribution in [3.8, 4) is 11.5 Å². The molecule has 2 aromatic carbocycles. The summed E-state index contributed by atoms with van der Waals surface area (Å²) in [6, 6.07) is 11.9. The zero-order valence-corrected chi connectivity index (χ0v) is 15.8. The molecule has 1 aliphatic heterocycles. The van der Waals surface area contributed by atoms with Crippen LogP contribution in [0.5, 0.6) is 11.5 Å². The normalized spacial score (nSPS) is 13.7. The summed E-state index contributed by atoms with van der Waals surface area (Å²) in [6.07, 6.45) is 0. The molecule has 1 aliphatic rings. The Labute approximate surface area is 162 Å². The monoisotopic (exact) mass is 389 g/mol. The number of methoxy groups -OCH3 is 2. The number of hydrogen-bond acceptors (Lipinski definition) is 4. The Bertz CT molecular complexity index is 859. The summed E-state index contributed by atoms with van der Waals surface area (Å²) >= 11 is 5.99. The molecule has 3 amide bonds. The molecular formula is C19H20ClN3O4. The first kappa shape index (κ1) is 18.8. The van der Waals surface area contributed by atoms with Gasteiger partial charge in [0.05, 0.1) is 14.2 Å². The second kappa shape index (κ2) is 8.18. The lowest BCUT2D eigenvalue weighted by Crippen LogP contribution is -2.37. The van der Waals surface area contributed by atoms with E-state index in [2.05, 4.69) is 5.32 Å². The molecule has 1 fully saturated rings. The minimum atomic E-state index is -0.288. The maximum atomic E-state index is 12.6. The zero-order chi connectivity index (χ0) is 19.4. The van der Waals surface area contributed by atoms with E-state index < -0.39 is 0 Å². The summed E-state index contributed by atoms with van der Waals surface area (Å²) < 4.78 is 10.4. The van der Waals surface area contributed by atoms with Crippen LogP contribution in [0.3, 0.4) is 0 Å². The molecule has 3 rings (SSSR count). The molecule has 0 atom stereocenters. The summed E-state index contributed by atoms with van der Waals surface area (Å²) in [6.45, 7) is 0.928. The topological polar surface area (TPSA) is 71.1 Å². The fourth-order valence-corrected chi connectivity index (χ4v) is 3.09. The number of carbonyl (C=O) groups excluding carboxylic acids is 2. The van der Waals surface area contributed by atoms with Gasteiger partial charge < -0.3 is 19.7 Å². The Balaban J connectivity index is 1.62. The van der Waals surface area contributed by atoms with Gasteiger partial charge in [-0.25, -0.2) is 4.79 Å². The third kappa shape index (κ3) is 4.25. The van der Waals surface area contributed by atoms with Gasteiger partial charge in [-0.15, -0.1) is 0 Å². The number of anilines is 2.